The van der Waals surface area contributed by atoms with E-state index in [0.717, 1.165) is 87.5 Å². The lowest BCUT2D eigenvalue weighted by molar-refractivity contribution is -0.178. The van der Waals surface area contributed by atoms with Gasteiger partial charge in [0, 0.05) is 24.8 Å². The first-order valence-electron chi connectivity index (χ1n) is 23.5. The molecule has 0 aliphatic heterocycles. The van der Waals surface area contributed by atoms with Gasteiger partial charge in [-0.05, 0) is 83.8 Å². The van der Waals surface area contributed by atoms with Gasteiger partial charge in [0.05, 0.1) is 0 Å². The van der Waals surface area contributed by atoms with Crippen molar-refractivity contribution in [2.24, 2.45) is 11.8 Å². The molecule has 6 atom stereocenters. The fourth-order valence-corrected chi connectivity index (χ4v) is 8.63. The molecule has 0 bridgehead atoms. The molecular weight excluding hydrogens is 835 g/mol. The van der Waals surface area contributed by atoms with Crippen molar-refractivity contribution < 1.29 is 31.1 Å². The number of alkyl halides is 6. The first-order valence-corrected chi connectivity index (χ1v) is 23.5. The molecule has 65 heavy (non-hydrogen) atoms. The van der Waals surface area contributed by atoms with Crippen molar-refractivity contribution in [1.82, 2.24) is 19.9 Å². The van der Waals surface area contributed by atoms with Crippen LogP contribution in [0.15, 0.2) is 133 Å². The van der Waals surface area contributed by atoms with Crippen molar-refractivity contribution >= 4 is 0 Å². The Morgan fingerprint density at radius 1 is 0.538 bits per heavy atom. The van der Waals surface area contributed by atoms with Crippen LogP contribution in [0.2, 0.25) is 0 Å². The van der Waals surface area contributed by atoms with E-state index in [1.807, 2.05) is 60.7 Å². The van der Waals surface area contributed by atoms with E-state index in [9.17, 15) is 0 Å². The number of aryl methyl sites for hydroxylation is 2. The SMILES string of the molecule is CCC(C)CCCCCc1cnc(C2(C(F)(F)F)C=CC([C@H](O[C@@H](C3=CCC(c4ncc(CCCCCC(C)CC)cn4)(C(F)(F)F)C=C3)c3ccccc3)c3ccccc3)=CC2)nc1. The van der Waals surface area contributed by atoms with Gasteiger partial charge in [0.25, 0.3) is 0 Å². The summed E-state index contributed by atoms with van der Waals surface area (Å²) in [6.45, 7) is 8.85. The quantitative estimate of drug-likeness (QED) is 0.0581. The minimum absolute atomic E-state index is 0.326. The first kappa shape index (κ1) is 49.5. The van der Waals surface area contributed by atoms with Crippen LogP contribution < -0.4 is 0 Å². The van der Waals surface area contributed by atoms with E-state index in [1.165, 1.54) is 49.1 Å². The molecule has 0 N–H and O–H groups in total. The van der Waals surface area contributed by atoms with Crippen molar-refractivity contribution in [3.63, 3.8) is 0 Å². The number of aromatic nitrogens is 4. The zero-order valence-corrected chi connectivity index (χ0v) is 38.2. The average molecular weight is 899 g/mol. The smallest absolute Gasteiger partial charge is 0.356 e. The Hall–Kier alpha value is -4.90. The number of halogens is 6. The Kier molecular flexibility index (Phi) is 17.2. The Morgan fingerprint density at radius 3 is 1.22 bits per heavy atom. The Balaban J connectivity index is 1.23. The van der Waals surface area contributed by atoms with Crippen LogP contribution in [0.25, 0.3) is 0 Å². The number of hydrogen-bond donors (Lipinski definition) is 0. The molecular formula is C54H64F6N4O. The summed E-state index contributed by atoms with van der Waals surface area (Å²) >= 11 is 0. The van der Waals surface area contributed by atoms with E-state index in [2.05, 4.69) is 47.6 Å². The number of allylic oxidation sites excluding steroid dienone is 4. The van der Waals surface area contributed by atoms with E-state index >= 15 is 26.3 Å². The van der Waals surface area contributed by atoms with Gasteiger partial charge < -0.3 is 4.74 Å². The maximum atomic E-state index is 15.2. The van der Waals surface area contributed by atoms with Crippen LogP contribution in [0.3, 0.4) is 0 Å². The van der Waals surface area contributed by atoms with Gasteiger partial charge in [-0.3, -0.25) is 0 Å². The summed E-state index contributed by atoms with van der Waals surface area (Å²) in [7, 11) is 0. The van der Waals surface area contributed by atoms with Crippen LogP contribution in [0, 0.1) is 11.8 Å². The third-order valence-corrected chi connectivity index (χ3v) is 13.5. The monoisotopic (exact) mass is 898 g/mol. The van der Waals surface area contributed by atoms with Crippen molar-refractivity contribution in [3.8, 4) is 0 Å². The third kappa shape index (κ3) is 12.3. The minimum atomic E-state index is -4.71. The topological polar surface area (TPSA) is 60.8 Å². The zero-order valence-electron chi connectivity index (χ0n) is 38.2. The van der Waals surface area contributed by atoms with Crippen LogP contribution in [0.5, 0.6) is 0 Å². The molecule has 2 aliphatic carbocycles. The molecule has 6 rings (SSSR count). The highest BCUT2D eigenvalue weighted by molar-refractivity contribution is 5.44. The molecule has 5 nitrogen and oxygen atoms in total. The maximum Gasteiger partial charge on any atom is 0.405 e. The summed E-state index contributed by atoms with van der Waals surface area (Å²) in [5.41, 5.74) is -1.05. The zero-order chi connectivity index (χ0) is 46.5. The van der Waals surface area contributed by atoms with Crippen molar-refractivity contribution in [2.45, 2.75) is 153 Å². The van der Waals surface area contributed by atoms with Crippen LogP contribution >= 0.6 is 0 Å². The van der Waals surface area contributed by atoms with Gasteiger partial charge in [-0.1, -0.05) is 176 Å². The second-order valence-electron chi connectivity index (χ2n) is 18.2. The molecule has 0 saturated carbocycles. The molecule has 2 aromatic heterocycles. The van der Waals surface area contributed by atoms with Crippen LogP contribution in [0.1, 0.15) is 151 Å². The van der Waals surface area contributed by atoms with Gasteiger partial charge in [0.1, 0.15) is 34.7 Å². The second-order valence-corrected chi connectivity index (χ2v) is 18.2. The Bertz CT molecular complexity index is 2050. The van der Waals surface area contributed by atoms with Gasteiger partial charge in [0.2, 0.25) is 0 Å². The van der Waals surface area contributed by atoms with Gasteiger partial charge in [-0.15, -0.1) is 0 Å². The average Bonchev–Trinajstić information content (AvgIpc) is 3.32. The second kappa shape index (κ2) is 22.5. The fraction of sp³-hybridized carbons (Fsp3) is 0.481. The summed E-state index contributed by atoms with van der Waals surface area (Å²) in [6, 6.07) is 18.2. The number of benzene rings is 2. The highest BCUT2D eigenvalue weighted by atomic mass is 19.4. The lowest BCUT2D eigenvalue weighted by Gasteiger charge is -2.36. The predicted molar refractivity (Wildman–Crippen MR) is 246 cm³/mol. The largest absolute Gasteiger partial charge is 0.405 e. The van der Waals surface area contributed by atoms with Crippen LogP contribution in [-0.4, -0.2) is 32.3 Å². The summed E-state index contributed by atoms with van der Waals surface area (Å²) in [4.78, 5) is 17.2. The van der Waals surface area contributed by atoms with E-state index in [4.69, 9.17) is 4.74 Å². The molecule has 2 aliphatic rings. The lowest BCUT2D eigenvalue weighted by atomic mass is 9.76. The molecule has 0 radical (unpaired) electrons. The lowest BCUT2D eigenvalue weighted by Crippen LogP contribution is -2.43. The molecule has 4 aromatic rings. The van der Waals surface area contributed by atoms with Gasteiger partial charge in [0.15, 0.2) is 0 Å². The van der Waals surface area contributed by atoms with Crippen molar-refractivity contribution in [1.29, 1.82) is 0 Å². The van der Waals surface area contributed by atoms with Crippen LogP contribution in [0.4, 0.5) is 26.3 Å². The highest BCUT2D eigenvalue weighted by Gasteiger charge is 2.58. The molecule has 2 aromatic carbocycles. The van der Waals surface area contributed by atoms with Gasteiger partial charge >= 0.3 is 12.4 Å². The van der Waals surface area contributed by atoms with E-state index in [0.29, 0.717) is 47.0 Å². The molecule has 2 heterocycles. The van der Waals surface area contributed by atoms with Crippen LogP contribution in [-0.2, 0) is 28.4 Å². The van der Waals surface area contributed by atoms with Gasteiger partial charge in [-0.25, -0.2) is 19.9 Å². The first-order chi connectivity index (χ1) is 31.2. The summed E-state index contributed by atoms with van der Waals surface area (Å²) in [6.07, 6.45) is 14.2. The number of ether oxygens (including phenoxy) is 1. The Labute approximate surface area is 381 Å². The third-order valence-electron chi connectivity index (χ3n) is 13.5. The Morgan fingerprint density at radius 2 is 0.908 bits per heavy atom. The van der Waals surface area contributed by atoms with E-state index in [-0.39, 0.29) is 11.6 Å². The van der Waals surface area contributed by atoms with Crippen molar-refractivity contribution in [3.05, 3.63) is 167 Å². The normalized spacial score (nSPS) is 20.8. The summed E-state index contributed by atoms with van der Waals surface area (Å²) in [5.74, 6) is 0.704. The fourth-order valence-electron chi connectivity index (χ4n) is 8.63. The number of hydrogen-bond acceptors (Lipinski definition) is 5. The molecule has 0 amide bonds. The maximum absolute atomic E-state index is 15.2. The summed E-state index contributed by atoms with van der Waals surface area (Å²) < 4.78 is 98.1. The molecule has 0 fully saturated rings. The molecule has 0 saturated heterocycles. The molecule has 0 spiro atoms. The number of rotatable bonds is 22. The van der Waals surface area contributed by atoms with E-state index in [1.54, 1.807) is 0 Å². The van der Waals surface area contributed by atoms with Crippen molar-refractivity contribution in [2.75, 3.05) is 0 Å². The molecule has 4 unspecified atom stereocenters. The summed E-state index contributed by atoms with van der Waals surface area (Å²) in [5, 5.41) is 0. The standard InChI is InChI=1S/C54H64F6N4O/c1-5-39(3)19-11-7-13-21-41-35-61-49(62-36-41)51(53(55,56)57)31-27-45(28-32-51)47(43-23-15-9-16-24-43)65-48(44-25-17-10-18-26-44)46-29-33-52(34-30-46,54(58,59)60)50-63-37-42(38-64-50)22-14-8-12-20-40(4)6-2/h9-10,15-18,23-31,33,35-40,47-48H,5-8,11-14,19-22,32,34H2,1-4H3/t39?,40?,47-,48-,51?,52?/m1/s1. The number of unbranched alkanes of at least 4 members (excludes halogenated alkanes) is 4. The molecule has 348 valence electrons. The predicted octanol–water partition coefficient (Wildman–Crippen LogP) is 15.1. The minimum Gasteiger partial charge on any atom is -0.356 e. The molecule has 11 heteroatoms. The highest BCUT2D eigenvalue weighted by Crippen LogP contribution is 2.50. The van der Waals surface area contributed by atoms with E-state index < -0.39 is 48.2 Å². The van der Waals surface area contributed by atoms with Gasteiger partial charge in [-0.2, -0.15) is 26.3 Å². The number of nitrogens with zero attached hydrogens (tertiary/aromatic N) is 4.